The van der Waals surface area contributed by atoms with Crippen molar-refractivity contribution in [2.24, 2.45) is 11.8 Å². The molecule has 40 heavy (non-hydrogen) atoms. The van der Waals surface area contributed by atoms with Gasteiger partial charge in [-0.05, 0) is 70.6 Å². The Labute approximate surface area is 247 Å². The van der Waals surface area contributed by atoms with Crippen molar-refractivity contribution in [1.29, 1.82) is 0 Å². The van der Waals surface area contributed by atoms with Crippen molar-refractivity contribution in [1.82, 2.24) is 0 Å². The van der Waals surface area contributed by atoms with Crippen LogP contribution >= 0.6 is 0 Å². The summed E-state index contributed by atoms with van der Waals surface area (Å²) in [4.78, 5) is 22.8. The molecule has 0 radical (unpaired) electrons. The molecular weight excluding hydrogens is 496 g/mol. The highest BCUT2D eigenvalue weighted by Crippen LogP contribution is 2.24. The molecule has 2 atom stereocenters. The fourth-order valence-electron chi connectivity index (χ4n) is 4.90. The molecule has 0 bridgehead atoms. The van der Waals surface area contributed by atoms with Gasteiger partial charge >= 0.3 is 11.9 Å². The van der Waals surface area contributed by atoms with E-state index in [9.17, 15) is 14.7 Å². The molecule has 0 aliphatic heterocycles. The number of rotatable bonds is 29. The summed E-state index contributed by atoms with van der Waals surface area (Å²) in [6.07, 6.45) is 40.8. The molecular formula is C36H62O4. The normalized spacial score (nSPS) is 13.8. The van der Waals surface area contributed by atoms with Gasteiger partial charge in [0.1, 0.15) is 0 Å². The lowest BCUT2D eigenvalue weighted by Crippen LogP contribution is -2.21. The maximum absolute atomic E-state index is 12.2. The first-order valence-corrected chi connectivity index (χ1v) is 16.6. The highest BCUT2D eigenvalue weighted by Gasteiger charge is 2.23. The minimum atomic E-state index is -0.714. The number of carbonyl (C=O) groups is 2. The average Bonchev–Trinajstić information content (AvgIpc) is 2.93. The van der Waals surface area contributed by atoms with E-state index in [0.29, 0.717) is 0 Å². The number of unbranched alkanes of at least 4 members (excludes halogenated alkanes) is 15. The maximum atomic E-state index is 12.2. The van der Waals surface area contributed by atoms with Crippen molar-refractivity contribution in [3.05, 3.63) is 48.6 Å². The Bertz CT molecular complexity index is 704. The molecule has 4 nitrogen and oxygen atoms in total. The Kier molecular flexibility index (Phi) is 28.3. The number of hydrogen-bond acceptors (Lipinski definition) is 2. The molecule has 0 amide bonds. The quantitative estimate of drug-likeness (QED) is 0.0707. The first-order chi connectivity index (χ1) is 19.5. The van der Waals surface area contributed by atoms with Gasteiger partial charge < -0.3 is 10.2 Å². The van der Waals surface area contributed by atoms with Gasteiger partial charge in [-0.3, -0.25) is 9.59 Å². The summed E-state index contributed by atoms with van der Waals surface area (Å²) in [5.41, 5.74) is 0. The number of carboxylic acids is 2. The second-order valence-corrected chi connectivity index (χ2v) is 11.2. The molecule has 0 fully saturated rings. The topological polar surface area (TPSA) is 74.6 Å². The third-order valence-corrected chi connectivity index (χ3v) is 7.45. The monoisotopic (exact) mass is 558 g/mol. The van der Waals surface area contributed by atoms with Crippen LogP contribution in [-0.2, 0) is 9.59 Å². The van der Waals surface area contributed by atoms with E-state index in [4.69, 9.17) is 5.11 Å². The minimum absolute atomic E-state index is 0.0485. The smallest absolute Gasteiger partial charge is 0.307 e. The lowest BCUT2D eigenvalue weighted by Gasteiger charge is -2.18. The highest BCUT2D eigenvalue weighted by molar-refractivity contribution is 5.71. The van der Waals surface area contributed by atoms with Crippen molar-refractivity contribution in [3.8, 4) is 0 Å². The van der Waals surface area contributed by atoms with Crippen LogP contribution in [0.3, 0.4) is 0 Å². The standard InChI is InChI=1S/C36H62O4/c1-3-5-7-9-10-11-12-13-14-15-16-19-23-27-31-34(36(39)40)33(29-25-21-8-6-4-2)30-26-22-18-17-20-24-28-32-35(37)38/h10-11,13-14,25-26,29-30,33-34H,3-9,12,15-24,27-28,31-32H2,1-2H3,(H,37,38)(H,39,40). The molecule has 0 aromatic carbocycles. The van der Waals surface area contributed by atoms with Crippen LogP contribution < -0.4 is 0 Å². The summed E-state index contributed by atoms with van der Waals surface area (Å²) >= 11 is 0. The van der Waals surface area contributed by atoms with Gasteiger partial charge in [0.25, 0.3) is 0 Å². The van der Waals surface area contributed by atoms with Crippen molar-refractivity contribution >= 4 is 11.9 Å². The predicted molar refractivity (Wildman–Crippen MR) is 172 cm³/mol. The zero-order valence-electron chi connectivity index (χ0n) is 26.0. The number of carboxylic acid groups (broad SMARTS) is 2. The van der Waals surface area contributed by atoms with E-state index >= 15 is 0 Å². The molecule has 2 N–H and O–H groups in total. The summed E-state index contributed by atoms with van der Waals surface area (Å²) < 4.78 is 0. The van der Waals surface area contributed by atoms with E-state index in [1.807, 2.05) is 0 Å². The van der Waals surface area contributed by atoms with Crippen LogP contribution in [0.1, 0.15) is 155 Å². The highest BCUT2D eigenvalue weighted by atomic mass is 16.4. The van der Waals surface area contributed by atoms with E-state index in [2.05, 4.69) is 62.5 Å². The van der Waals surface area contributed by atoms with E-state index in [1.165, 1.54) is 44.9 Å². The van der Waals surface area contributed by atoms with E-state index in [1.54, 1.807) is 0 Å². The third kappa shape index (κ3) is 26.1. The summed E-state index contributed by atoms with van der Waals surface area (Å²) in [5, 5.41) is 18.8. The molecule has 230 valence electrons. The molecule has 0 aromatic heterocycles. The lowest BCUT2D eigenvalue weighted by atomic mass is 9.86. The fourth-order valence-corrected chi connectivity index (χ4v) is 4.90. The van der Waals surface area contributed by atoms with Crippen molar-refractivity contribution in [2.45, 2.75) is 155 Å². The summed E-state index contributed by atoms with van der Waals surface area (Å²) in [5.74, 6) is -1.81. The van der Waals surface area contributed by atoms with E-state index < -0.39 is 11.9 Å². The van der Waals surface area contributed by atoms with Crippen LogP contribution in [-0.4, -0.2) is 22.2 Å². The van der Waals surface area contributed by atoms with Crippen LogP contribution in [0.25, 0.3) is 0 Å². The molecule has 4 heteroatoms. The number of allylic oxidation sites excluding steroid dienone is 8. The van der Waals surface area contributed by atoms with Crippen molar-refractivity contribution < 1.29 is 19.8 Å². The van der Waals surface area contributed by atoms with Crippen LogP contribution in [0.2, 0.25) is 0 Å². The van der Waals surface area contributed by atoms with Crippen LogP contribution in [0.5, 0.6) is 0 Å². The van der Waals surface area contributed by atoms with Gasteiger partial charge in [0.15, 0.2) is 0 Å². The van der Waals surface area contributed by atoms with Gasteiger partial charge in [0.05, 0.1) is 5.92 Å². The van der Waals surface area contributed by atoms with Gasteiger partial charge in [-0.2, -0.15) is 0 Å². The molecule has 0 spiro atoms. The average molecular weight is 559 g/mol. The first-order valence-electron chi connectivity index (χ1n) is 16.6. The SMILES string of the molecule is CCCCCC=CCC=CCCCCCCC(C(=O)O)C(C=CCCCCC)C=CCCCCCCCC(=O)O. The van der Waals surface area contributed by atoms with Gasteiger partial charge in [-0.25, -0.2) is 0 Å². The number of hydrogen-bond donors (Lipinski definition) is 2. The number of aliphatic carboxylic acids is 2. The van der Waals surface area contributed by atoms with Gasteiger partial charge in [-0.1, -0.05) is 127 Å². The molecule has 0 heterocycles. The second-order valence-electron chi connectivity index (χ2n) is 11.2. The Balaban J connectivity index is 4.46. The van der Waals surface area contributed by atoms with Gasteiger partial charge in [0, 0.05) is 12.3 Å². The Morgan fingerprint density at radius 3 is 1.50 bits per heavy atom. The van der Waals surface area contributed by atoms with Crippen LogP contribution in [0.15, 0.2) is 48.6 Å². The largest absolute Gasteiger partial charge is 0.481 e. The summed E-state index contributed by atoms with van der Waals surface area (Å²) in [7, 11) is 0. The summed E-state index contributed by atoms with van der Waals surface area (Å²) in [6, 6.07) is 0. The first kappa shape index (κ1) is 37.9. The Morgan fingerprint density at radius 2 is 1.00 bits per heavy atom. The lowest BCUT2D eigenvalue weighted by molar-refractivity contribution is -0.143. The molecule has 0 saturated heterocycles. The Hall–Kier alpha value is -2.10. The molecule has 0 saturated carbocycles. The maximum Gasteiger partial charge on any atom is 0.307 e. The zero-order valence-corrected chi connectivity index (χ0v) is 26.0. The predicted octanol–water partition coefficient (Wildman–Crippen LogP) is 11.2. The second kappa shape index (κ2) is 29.9. The molecule has 0 aliphatic rings. The fraction of sp³-hybridized carbons (Fsp3) is 0.722. The van der Waals surface area contributed by atoms with E-state index in [0.717, 1.165) is 89.9 Å². The van der Waals surface area contributed by atoms with Crippen molar-refractivity contribution in [3.63, 3.8) is 0 Å². The van der Waals surface area contributed by atoms with E-state index in [-0.39, 0.29) is 18.3 Å². The third-order valence-electron chi connectivity index (χ3n) is 7.45. The molecule has 0 aliphatic carbocycles. The Morgan fingerprint density at radius 1 is 0.550 bits per heavy atom. The van der Waals surface area contributed by atoms with Crippen LogP contribution in [0.4, 0.5) is 0 Å². The zero-order chi connectivity index (χ0) is 29.5. The summed E-state index contributed by atoms with van der Waals surface area (Å²) in [6.45, 7) is 4.44. The molecule has 0 aromatic rings. The molecule has 2 unspecified atom stereocenters. The van der Waals surface area contributed by atoms with Gasteiger partial charge in [-0.15, -0.1) is 0 Å². The van der Waals surface area contributed by atoms with Crippen LogP contribution in [0, 0.1) is 11.8 Å². The minimum Gasteiger partial charge on any atom is -0.481 e. The van der Waals surface area contributed by atoms with Gasteiger partial charge in [0.2, 0.25) is 0 Å². The molecule has 0 rings (SSSR count). The van der Waals surface area contributed by atoms with Crippen molar-refractivity contribution in [2.75, 3.05) is 0 Å².